The Hall–Kier alpha value is -1.93. The topological polar surface area (TPSA) is 67.1 Å². The number of aliphatic imine (C=N–C) groups is 1. The van der Waals surface area contributed by atoms with Crippen LogP contribution in [-0.2, 0) is 9.73 Å². The van der Waals surface area contributed by atoms with E-state index in [4.69, 9.17) is 4.74 Å². The van der Waals surface area contributed by atoms with Gasteiger partial charge in [0.15, 0.2) is 0 Å². The number of ether oxygens (including phenoxy) is 1. The summed E-state index contributed by atoms with van der Waals surface area (Å²) in [7, 11) is -0.468. The molecule has 0 saturated carbocycles. The number of rotatable bonds is 7. The number of pyridine rings is 1. The second-order valence-electron chi connectivity index (χ2n) is 6.02. The Morgan fingerprint density at radius 3 is 2.74 bits per heavy atom. The summed E-state index contributed by atoms with van der Waals surface area (Å²) in [5.41, 5.74) is 1.52. The Balaban J connectivity index is 2.31. The molecule has 2 aromatic rings. The number of benzene rings is 1. The van der Waals surface area contributed by atoms with E-state index in [-0.39, 0.29) is 0 Å². The first-order chi connectivity index (χ1) is 12.8. The van der Waals surface area contributed by atoms with Gasteiger partial charge in [0.2, 0.25) is 5.88 Å². The van der Waals surface area contributed by atoms with E-state index in [2.05, 4.69) is 37.2 Å². The molecule has 6 nitrogen and oxygen atoms in total. The van der Waals surface area contributed by atoms with Gasteiger partial charge in [0.1, 0.15) is 5.75 Å². The molecule has 0 radical (unpaired) electrons. The van der Waals surface area contributed by atoms with E-state index in [1.165, 1.54) is 0 Å². The van der Waals surface area contributed by atoms with Crippen LogP contribution in [0.5, 0.6) is 11.6 Å². The molecule has 1 aromatic heterocycles. The quantitative estimate of drug-likeness (QED) is 0.436. The minimum Gasteiger partial charge on any atom is -0.438 e. The Labute approximate surface area is 170 Å². The van der Waals surface area contributed by atoms with E-state index in [1.807, 2.05) is 31.9 Å². The summed E-state index contributed by atoms with van der Waals surface area (Å²) in [5, 5.41) is 0. The molecule has 0 amide bonds. The van der Waals surface area contributed by atoms with E-state index < -0.39 is 9.73 Å². The fraction of sp³-hybridized carbons (Fsp3) is 0.368. The van der Waals surface area contributed by atoms with Gasteiger partial charge in [-0.15, -0.1) is 0 Å². The van der Waals surface area contributed by atoms with Crippen LogP contribution in [0, 0.1) is 6.92 Å². The van der Waals surface area contributed by atoms with Crippen LogP contribution in [0.4, 0.5) is 5.69 Å². The largest absolute Gasteiger partial charge is 0.438 e. The molecular formula is C19H25BrN4O2S. The number of halogens is 1. The molecule has 0 fully saturated rings. The second-order valence-corrected chi connectivity index (χ2v) is 9.21. The Morgan fingerprint density at radius 2 is 2.07 bits per heavy atom. The van der Waals surface area contributed by atoms with Crippen molar-refractivity contribution in [1.29, 1.82) is 0 Å². The lowest BCUT2D eigenvalue weighted by molar-refractivity contribution is 0.457. The van der Waals surface area contributed by atoms with Crippen LogP contribution in [0.25, 0.3) is 0 Å². The first kappa shape index (κ1) is 21.4. The van der Waals surface area contributed by atoms with E-state index in [9.17, 15) is 4.21 Å². The van der Waals surface area contributed by atoms with Gasteiger partial charge in [-0.05, 0) is 61.0 Å². The Morgan fingerprint density at radius 1 is 1.33 bits per heavy atom. The van der Waals surface area contributed by atoms with Crippen molar-refractivity contribution in [2.75, 3.05) is 26.4 Å². The smallest absolute Gasteiger partial charge is 0.233 e. The molecule has 1 unspecified atom stereocenters. The van der Waals surface area contributed by atoms with Crippen LogP contribution in [0.2, 0.25) is 0 Å². The number of aromatic nitrogens is 1. The average molecular weight is 453 g/mol. The van der Waals surface area contributed by atoms with Crippen LogP contribution in [0.1, 0.15) is 19.5 Å². The van der Waals surface area contributed by atoms with Gasteiger partial charge >= 0.3 is 0 Å². The van der Waals surface area contributed by atoms with Crippen LogP contribution in [0.3, 0.4) is 0 Å². The van der Waals surface area contributed by atoms with Gasteiger partial charge in [-0.1, -0.05) is 6.07 Å². The van der Waals surface area contributed by atoms with Crippen LogP contribution < -0.4 is 4.74 Å². The number of hydrogen-bond donors (Lipinski definition) is 0. The molecule has 146 valence electrons. The fourth-order valence-corrected chi connectivity index (χ4v) is 3.89. The predicted molar refractivity (Wildman–Crippen MR) is 115 cm³/mol. The molecule has 0 aliphatic heterocycles. The van der Waals surface area contributed by atoms with Crippen molar-refractivity contribution in [1.82, 2.24) is 9.88 Å². The van der Waals surface area contributed by atoms with Gasteiger partial charge in [-0.2, -0.15) is 0 Å². The van der Waals surface area contributed by atoms with Crippen molar-refractivity contribution in [3.8, 4) is 11.6 Å². The summed E-state index contributed by atoms with van der Waals surface area (Å²) in [6.07, 6.45) is 3.41. The van der Waals surface area contributed by atoms with E-state index >= 15 is 0 Å². The summed E-state index contributed by atoms with van der Waals surface area (Å²) in [4.78, 5) is 11.6. The Kier molecular flexibility index (Phi) is 7.38. The van der Waals surface area contributed by atoms with Gasteiger partial charge in [0.25, 0.3) is 0 Å². The fourth-order valence-electron chi connectivity index (χ4n) is 2.20. The minimum atomic E-state index is -2.43. The predicted octanol–water partition coefficient (Wildman–Crippen LogP) is 5.03. The average Bonchev–Trinajstić information content (AvgIpc) is 2.63. The third-order valence-corrected chi connectivity index (χ3v) is 6.28. The zero-order valence-corrected chi connectivity index (χ0v) is 18.7. The molecule has 1 heterocycles. The van der Waals surface area contributed by atoms with Gasteiger partial charge in [0, 0.05) is 26.4 Å². The molecule has 0 aliphatic carbocycles. The molecule has 0 spiro atoms. The molecule has 0 aliphatic rings. The maximum Gasteiger partial charge on any atom is 0.233 e. The molecule has 2 rings (SSSR count). The summed E-state index contributed by atoms with van der Waals surface area (Å²) >= 11 is 3.50. The zero-order chi connectivity index (χ0) is 20.0. The maximum atomic E-state index is 12.6. The van der Waals surface area contributed by atoms with Crippen molar-refractivity contribution >= 4 is 37.7 Å². The Bertz CT molecular complexity index is 953. The summed E-state index contributed by atoms with van der Waals surface area (Å²) in [6, 6.07) is 9.02. The third kappa shape index (κ3) is 5.77. The molecular weight excluding hydrogens is 428 g/mol. The SMILES string of the molecule is CCN=S(C)(=O)c1cccc(Oc2nc(C)c(/N=C\N(C)CC)cc2Br)c1. The van der Waals surface area contributed by atoms with Crippen molar-refractivity contribution in [3.05, 3.63) is 40.5 Å². The number of hydrogen-bond acceptors (Lipinski definition) is 5. The first-order valence-electron chi connectivity index (χ1n) is 8.64. The second kappa shape index (κ2) is 9.32. The van der Waals surface area contributed by atoms with E-state index in [1.54, 1.807) is 36.9 Å². The molecule has 27 heavy (non-hydrogen) atoms. The highest BCUT2D eigenvalue weighted by atomic mass is 79.9. The zero-order valence-electron chi connectivity index (χ0n) is 16.3. The summed E-state index contributed by atoms with van der Waals surface area (Å²) in [6.45, 7) is 7.19. The molecule has 0 bridgehead atoms. The number of aryl methyl sites for hydroxylation is 1. The molecule has 0 saturated heterocycles. The van der Waals surface area contributed by atoms with Crippen LogP contribution in [0.15, 0.2) is 49.1 Å². The molecule has 1 atom stereocenters. The highest BCUT2D eigenvalue weighted by molar-refractivity contribution is 9.10. The van der Waals surface area contributed by atoms with Gasteiger partial charge in [0.05, 0.1) is 36.8 Å². The monoisotopic (exact) mass is 452 g/mol. The van der Waals surface area contributed by atoms with Gasteiger partial charge < -0.3 is 9.64 Å². The van der Waals surface area contributed by atoms with Gasteiger partial charge in [-0.25, -0.2) is 18.5 Å². The highest BCUT2D eigenvalue weighted by Gasteiger charge is 2.12. The van der Waals surface area contributed by atoms with Crippen molar-refractivity contribution in [2.24, 2.45) is 9.36 Å². The lowest BCUT2D eigenvalue weighted by Crippen LogP contribution is -2.14. The number of nitrogens with zero attached hydrogens (tertiary/aromatic N) is 4. The minimum absolute atomic E-state index is 0.433. The molecule has 1 aromatic carbocycles. The normalized spacial score (nSPS) is 13.4. The van der Waals surface area contributed by atoms with Crippen LogP contribution in [-0.4, -0.2) is 46.8 Å². The lowest BCUT2D eigenvalue weighted by atomic mass is 10.3. The third-order valence-electron chi connectivity index (χ3n) is 3.83. The highest BCUT2D eigenvalue weighted by Crippen LogP contribution is 2.33. The van der Waals surface area contributed by atoms with E-state index in [0.717, 1.165) is 17.9 Å². The van der Waals surface area contributed by atoms with Gasteiger partial charge in [-0.3, -0.25) is 0 Å². The lowest BCUT2D eigenvalue weighted by Gasteiger charge is -2.12. The van der Waals surface area contributed by atoms with E-state index in [0.29, 0.717) is 27.5 Å². The molecule has 0 N–H and O–H groups in total. The summed E-state index contributed by atoms with van der Waals surface area (Å²) in [5.74, 6) is 0.991. The maximum absolute atomic E-state index is 12.6. The van der Waals surface area contributed by atoms with Crippen molar-refractivity contribution in [2.45, 2.75) is 25.7 Å². The van der Waals surface area contributed by atoms with Crippen molar-refractivity contribution in [3.63, 3.8) is 0 Å². The standard InChI is InChI=1S/C19H25BrN4O2S/c1-6-22-27(5,25)16-10-8-9-15(11-16)26-19-17(20)12-18(14(3)23-19)21-13-24(4)7-2/h8-13H,6-7H2,1-5H3/b21-13-. The molecule has 8 heteroatoms. The summed E-state index contributed by atoms with van der Waals surface area (Å²) < 4.78 is 23.4. The van der Waals surface area contributed by atoms with Crippen molar-refractivity contribution < 1.29 is 8.95 Å². The first-order valence-corrected chi connectivity index (χ1v) is 11.4. The van der Waals surface area contributed by atoms with Crippen LogP contribution >= 0.6 is 15.9 Å².